The Bertz CT molecular complexity index is 649. The van der Waals surface area contributed by atoms with Crippen LogP contribution in [0.5, 0.6) is 5.88 Å². The Hall–Kier alpha value is -2.42. The normalized spacial score (nSPS) is 11.0. The number of amides is 1. The molecule has 0 radical (unpaired) electrons. The van der Waals surface area contributed by atoms with Crippen molar-refractivity contribution in [1.82, 2.24) is 15.0 Å². The second kappa shape index (κ2) is 5.92. The van der Waals surface area contributed by atoms with E-state index in [4.69, 9.17) is 11.6 Å². The van der Waals surface area contributed by atoms with Crippen molar-refractivity contribution in [2.45, 2.75) is 6.36 Å². The van der Waals surface area contributed by atoms with Crippen LogP contribution >= 0.6 is 11.6 Å². The average molecular weight is 319 g/mol. The molecule has 0 fully saturated rings. The van der Waals surface area contributed by atoms with Gasteiger partial charge in [-0.15, -0.1) is 13.2 Å². The first-order chi connectivity index (χ1) is 9.85. The fraction of sp³-hybridized carbons (Fsp3) is 0.0909. The molecule has 2 aromatic rings. The molecule has 0 aliphatic carbocycles. The Morgan fingerprint density at radius 3 is 2.48 bits per heavy atom. The standard InChI is InChI=1S/C11H6ClF3N4O2/c12-9-8(16-3-4-17-9)10(20)19-6-1-2-7(18-5-6)21-11(13,14)15/h1-5H,(H,19,20). The van der Waals surface area contributed by atoms with Crippen LogP contribution in [0, 0.1) is 0 Å². The predicted octanol–water partition coefficient (Wildman–Crippen LogP) is 2.68. The highest BCUT2D eigenvalue weighted by molar-refractivity contribution is 6.32. The molecule has 2 heterocycles. The minimum Gasteiger partial charge on any atom is -0.388 e. The molecule has 0 spiro atoms. The van der Waals surface area contributed by atoms with Crippen LogP contribution in [0.1, 0.15) is 10.5 Å². The van der Waals surface area contributed by atoms with Gasteiger partial charge >= 0.3 is 6.36 Å². The van der Waals surface area contributed by atoms with E-state index in [2.05, 4.69) is 25.0 Å². The minimum absolute atomic E-state index is 0.0972. The van der Waals surface area contributed by atoms with Gasteiger partial charge in [0.05, 0.1) is 11.9 Å². The van der Waals surface area contributed by atoms with Crippen LogP contribution < -0.4 is 10.1 Å². The number of hydrogen-bond acceptors (Lipinski definition) is 5. The largest absolute Gasteiger partial charge is 0.574 e. The van der Waals surface area contributed by atoms with Gasteiger partial charge in [0.25, 0.3) is 5.91 Å². The summed E-state index contributed by atoms with van der Waals surface area (Å²) in [6.07, 6.45) is -1.24. The van der Waals surface area contributed by atoms with Crippen molar-refractivity contribution >= 4 is 23.2 Å². The molecule has 1 N–H and O–H groups in total. The maximum atomic E-state index is 12.0. The lowest BCUT2D eigenvalue weighted by atomic mass is 10.3. The number of carbonyl (C=O) groups excluding carboxylic acids is 1. The van der Waals surface area contributed by atoms with E-state index in [1.54, 1.807) is 0 Å². The van der Waals surface area contributed by atoms with Gasteiger partial charge in [0.15, 0.2) is 10.8 Å². The summed E-state index contributed by atoms with van der Waals surface area (Å²) in [5, 5.41) is 2.27. The number of ether oxygens (including phenoxy) is 1. The van der Waals surface area contributed by atoms with E-state index in [-0.39, 0.29) is 16.5 Å². The van der Waals surface area contributed by atoms with Crippen molar-refractivity contribution in [3.8, 4) is 5.88 Å². The monoisotopic (exact) mass is 318 g/mol. The SMILES string of the molecule is O=C(Nc1ccc(OC(F)(F)F)nc1)c1nccnc1Cl. The predicted molar refractivity (Wildman–Crippen MR) is 65.9 cm³/mol. The fourth-order valence-electron chi connectivity index (χ4n) is 1.30. The van der Waals surface area contributed by atoms with Crippen LogP contribution in [0.15, 0.2) is 30.7 Å². The van der Waals surface area contributed by atoms with Gasteiger partial charge in [0.2, 0.25) is 5.88 Å². The van der Waals surface area contributed by atoms with Crippen LogP contribution in [0.3, 0.4) is 0 Å². The van der Waals surface area contributed by atoms with Crippen LogP contribution in [-0.4, -0.2) is 27.2 Å². The molecule has 0 aromatic carbocycles. The number of nitrogens with zero attached hydrogens (tertiary/aromatic N) is 3. The van der Waals surface area contributed by atoms with Gasteiger partial charge in [0, 0.05) is 18.5 Å². The summed E-state index contributed by atoms with van der Waals surface area (Å²) < 4.78 is 39.5. The minimum atomic E-state index is -4.83. The van der Waals surface area contributed by atoms with Crippen LogP contribution in [0.4, 0.5) is 18.9 Å². The summed E-state index contributed by atoms with van der Waals surface area (Å²) in [7, 11) is 0. The summed E-state index contributed by atoms with van der Waals surface area (Å²) in [6.45, 7) is 0. The number of nitrogens with one attached hydrogen (secondary N) is 1. The second-order valence-electron chi connectivity index (χ2n) is 3.58. The first-order valence-electron chi connectivity index (χ1n) is 5.35. The highest BCUT2D eigenvalue weighted by Gasteiger charge is 2.31. The number of rotatable bonds is 3. The van der Waals surface area contributed by atoms with Gasteiger partial charge in [-0.1, -0.05) is 11.6 Å². The van der Waals surface area contributed by atoms with E-state index in [0.717, 1.165) is 12.3 Å². The first-order valence-corrected chi connectivity index (χ1v) is 5.72. The number of pyridine rings is 1. The number of carbonyl (C=O) groups is 1. The third-order valence-corrected chi connectivity index (χ3v) is 2.36. The van der Waals surface area contributed by atoms with Crippen LogP contribution in [0.2, 0.25) is 5.15 Å². The Kier molecular flexibility index (Phi) is 4.22. The number of alkyl halides is 3. The lowest BCUT2D eigenvalue weighted by molar-refractivity contribution is -0.276. The van der Waals surface area contributed by atoms with Crippen LogP contribution in [0.25, 0.3) is 0 Å². The maximum absolute atomic E-state index is 12.0. The summed E-state index contributed by atoms with van der Waals surface area (Å²) >= 11 is 5.69. The van der Waals surface area contributed by atoms with E-state index >= 15 is 0 Å². The lowest BCUT2D eigenvalue weighted by Crippen LogP contribution is -2.18. The summed E-state index contributed by atoms with van der Waals surface area (Å²) in [4.78, 5) is 22.6. The van der Waals surface area contributed by atoms with Crippen molar-refractivity contribution < 1.29 is 22.7 Å². The van der Waals surface area contributed by atoms with Gasteiger partial charge < -0.3 is 10.1 Å². The van der Waals surface area contributed by atoms with Gasteiger partial charge in [-0.25, -0.2) is 15.0 Å². The lowest BCUT2D eigenvalue weighted by Gasteiger charge is -2.08. The summed E-state index contributed by atoms with van der Waals surface area (Å²) in [6, 6.07) is 2.15. The smallest absolute Gasteiger partial charge is 0.388 e. The topological polar surface area (TPSA) is 77.0 Å². The first kappa shape index (κ1) is 15.0. The number of aromatic nitrogens is 3. The molecule has 0 saturated heterocycles. The Labute approximate surface area is 121 Å². The Morgan fingerprint density at radius 1 is 1.19 bits per heavy atom. The zero-order valence-corrected chi connectivity index (χ0v) is 10.8. The molecule has 0 bridgehead atoms. The average Bonchev–Trinajstić information content (AvgIpc) is 2.40. The van der Waals surface area contributed by atoms with Gasteiger partial charge in [-0.05, 0) is 6.07 Å². The highest BCUT2D eigenvalue weighted by Crippen LogP contribution is 2.21. The zero-order chi connectivity index (χ0) is 15.5. The van der Waals surface area contributed by atoms with Crippen molar-refractivity contribution in [3.63, 3.8) is 0 Å². The van der Waals surface area contributed by atoms with Gasteiger partial charge in [-0.3, -0.25) is 4.79 Å². The highest BCUT2D eigenvalue weighted by atomic mass is 35.5. The number of halogens is 4. The van der Waals surface area contributed by atoms with Crippen LogP contribution in [-0.2, 0) is 0 Å². The molecule has 0 saturated carbocycles. The molecular weight excluding hydrogens is 313 g/mol. The van der Waals surface area contributed by atoms with Crippen molar-refractivity contribution in [1.29, 1.82) is 0 Å². The second-order valence-corrected chi connectivity index (χ2v) is 3.94. The quantitative estimate of drug-likeness (QED) is 0.941. The Morgan fingerprint density at radius 2 is 1.90 bits per heavy atom. The zero-order valence-electron chi connectivity index (χ0n) is 10.1. The third kappa shape index (κ3) is 4.28. The molecule has 0 atom stereocenters. The van der Waals surface area contributed by atoms with E-state index in [9.17, 15) is 18.0 Å². The van der Waals surface area contributed by atoms with Gasteiger partial charge in [0.1, 0.15) is 0 Å². The van der Waals surface area contributed by atoms with Crippen molar-refractivity contribution in [3.05, 3.63) is 41.6 Å². The van der Waals surface area contributed by atoms with Crippen molar-refractivity contribution in [2.24, 2.45) is 0 Å². The molecular formula is C11H6ClF3N4O2. The summed E-state index contributed by atoms with van der Waals surface area (Å²) in [5.74, 6) is -1.31. The molecule has 0 aliphatic rings. The number of anilines is 1. The fourth-order valence-corrected chi connectivity index (χ4v) is 1.49. The van der Waals surface area contributed by atoms with Gasteiger partial charge in [-0.2, -0.15) is 0 Å². The van der Waals surface area contributed by atoms with E-state index < -0.39 is 18.1 Å². The molecule has 2 rings (SSSR count). The molecule has 6 nitrogen and oxygen atoms in total. The number of hydrogen-bond donors (Lipinski definition) is 1. The maximum Gasteiger partial charge on any atom is 0.574 e. The van der Waals surface area contributed by atoms with Crippen molar-refractivity contribution in [2.75, 3.05) is 5.32 Å². The molecule has 0 unspecified atom stereocenters. The molecule has 2 aromatic heterocycles. The van der Waals surface area contributed by atoms with E-state index in [0.29, 0.717) is 0 Å². The molecule has 110 valence electrons. The molecule has 10 heteroatoms. The molecule has 21 heavy (non-hydrogen) atoms. The van der Waals surface area contributed by atoms with E-state index in [1.165, 1.54) is 18.5 Å². The third-order valence-electron chi connectivity index (χ3n) is 2.08. The Balaban J connectivity index is 2.07. The molecule has 1 amide bonds. The summed E-state index contributed by atoms with van der Waals surface area (Å²) in [5.41, 5.74) is 0.0334. The van der Waals surface area contributed by atoms with E-state index in [1.807, 2.05) is 0 Å². The molecule has 0 aliphatic heterocycles.